The number of hydrogen-bond donors (Lipinski definition) is 1. The monoisotopic (exact) mass is 435 g/mol. The molecule has 5 aromatic rings. The summed E-state index contributed by atoms with van der Waals surface area (Å²) in [5.74, 6) is -0.00908. The van der Waals surface area contributed by atoms with Crippen LogP contribution in [0, 0.1) is 13.8 Å². The predicted octanol–water partition coefficient (Wildman–Crippen LogP) is 4.73. The Bertz CT molecular complexity index is 1390. The van der Waals surface area contributed by atoms with Gasteiger partial charge in [0, 0.05) is 35.6 Å². The van der Waals surface area contributed by atoms with Gasteiger partial charge in [-0.25, -0.2) is 9.50 Å². The minimum atomic E-state index is -0.221. The predicted molar refractivity (Wildman–Crippen MR) is 129 cm³/mol. The highest BCUT2D eigenvalue weighted by Crippen LogP contribution is 2.24. The molecule has 5 rings (SSSR count). The molecule has 0 bridgehead atoms. The molecular weight excluding hydrogens is 410 g/mol. The van der Waals surface area contributed by atoms with Crippen LogP contribution in [0.1, 0.15) is 40.5 Å². The van der Waals surface area contributed by atoms with Crippen molar-refractivity contribution in [3.05, 3.63) is 107 Å². The van der Waals surface area contributed by atoms with Crippen LogP contribution >= 0.6 is 0 Å². The first-order valence-corrected chi connectivity index (χ1v) is 11.1. The van der Waals surface area contributed by atoms with E-state index in [0.29, 0.717) is 12.8 Å². The van der Waals surface area contributed by atoms with Crippen molar-refractivity contribution in [2.24, 2.45) is 0 Å². The Morgan fingerprint density at radius 1 is 0.939 bits per heavy atom. The van der Waals surface area contributed by atoms with Gasteiger partial charge in [-0.1, -0.05) is 42.5 Å². The summed E-state index contributed by atoms with van der Waals surface area (Å²) >= 11 is 0. The van der Waals surface area contributed by atoms with Gasteiger partial charge < -0.3 is 5.32 Å². The van der Waals surface area contributed by atoms with Crippen molar-refractivity contribution < 1.29 is 4.79 Å². The van der Waals surface area contributed by atoms with Crippen LogP contribution in [0.2, 0.25) is 0 Å². The van der Waals surface area contributed by atoms with E-state index in [1.807, 2.05) is 85.1 Å². The van der Waals surface area contributed by atoms with Crippen molar-refractivity contribution in [3.63, 3.8) is 0 Å². The third-order valence-electron chi connectivity index (χ3n) is 6.10. The van der Waals surface area contributed by atoms with Crippen LogP contribution in [-0.4, -0.2) is 25.5 Å². The van der Waals surface area contributed by atoms with Crippen molar-refractivity contribution in [2.45, 2.75) is 32.7 Å². The third kappa shape index (κ3) is 4.07. The zero-order valence-electron chi connectivity index (χ0n) is 18.7. The molecule has 3 aromatic heterocycles. The molecule has 1 N–H and O–H groups in total. The molecule has 0 fully saturated rings. The van der Waals surface area contributed by atoms with Gasteiger partial charge in [-0.05, 0) is 61.2 Å². The zero-order valence-corrected chi connectivity index (χ0v) is 18.7. The molecule has 6 nitrogen and oxygen atoms in total. The molecule has 1 atom stereocenters. The molecule has 33 heavy (non-hydrogen) atoms. The number of fused-ring (bicyclic) bond motifs is 3. The van der Waals surface area contributed by atoms with Gasteiger partial charge >= 0.3 is 0 Å². The van der Waals surface area contributed by atoms with E-state index in [4.69, 9.17) is 10.1 Å². The van der Waals surface area contributed by atoms with E-state index in [9.17, 15) is 4.79 Å². The van der Waals surface area contributed by atoms with Gasteiger partial charge in [0.15, 0.2) is 5.65 Å². The number of rotatable bonds is 6. The van der Waals surface area contributed by atoms with Crippen LogP contribution in [0.25, 0.3) is 16.6 Å². The summed E-state index contributed by atoms with van der Waals surface area (Å²) in [6, 6.07) is 21.7. The number of hydrogen-bond acceptors (Lipinski definition) is 4. The normalized spacial score (nSPS) is 12.2. The molecule has 1 amide bonds. The van der Waals surface area contributed by atoms with Crippen molar-refractivity contribution in [1.29, 1.82) is 0 Å². The van der Waals surface area contributed by atoms with Gasteiger partial charge in [-0.15, -0.1) is 0 Å². The number of carbonyl (C=O) groups excluding carboxylic acids is 1. The van der Waals surface area contributed by atoms with Crippen molar-refractivity contribution >= 4 is 22.5 Å². The van der Waals surface area contributed by atoms with Crippen LogP contribution < -0.4 is 5.32 Å². The number of nitrogens with one attached hydrogen (secondary N) is 1. The Morgan fingerprint density at radius 2 is 1.64 bits per heavy atom. The van der Waals surface area contributed by atoms with Gasteiger partial charge in [0.05, 0.1) is 11.6 Å². The van der Waals surface area contributed by atoms with Crippen molar-refractivity contribution in [3.8, 4) is 0 Å². The molecule has 6 heteroatoms. The lowest BCUT2D eigenvalue weighted by molar-refractivity contribution is -0.121. The lowest BCUT2D eigenvalue weighted by Crippen LogP contribution is -2.29. The van der Waals surface area contributed by atoms with Gasteiger partial charge in [-0.3, -0.25) is 9.78 Å². The molecule has 2 aromatic carbocycles. The number of pyridine rings is 1. The van der Waals surface area contributed by atoms with Gasteiger partial charge in [0.1, 0.15) is 0 Å². The third-order valence-corrected chi connectivity index (χ3v) is 6.10. The summed E-state index contributed by atoms with van der Waals surface area (Å²) in [5.41, 5.74) is 6.84. The maximum Gasteiger partial charge on any atom is 0.221 e. The second kappa shape index (κ2) is 8.82. The van der Waals surface area contributed by atoms with Crippen molar-refractivity contribution in [1.82, 2.24) is 24.9 Å². The number of nitrogens with zero attached hydrogens (tertiary/aromatic N) is 4. The van der Waals surface area contributed by atoms with E-state index in [0.717, 1.165) is 44.6 Å². The maximum absolute atomic E-state index is 13.0. The lowest BCUT2D eigenvalue weighted by Gasteiger charge is -2.20. The Labute approximate surface area is 192 Å². The van der Waals surface area contributed by atoms with E-state index in [2.05, 4.69) is 10.3 Å². The molecule has 164 valence electrons. The first kappa shape index (κ1) is 20.8. The first-order chi connectivity index (χ1) is 16.1. The average Bonchev–Trinajstić information content (AvgIpc) is 3.22. The molecule has 0 aliphatic carbocycles. The Balaban J connectivity index is 1.38. The fourth-order valence-corrected chi connectivity index (χ4v) is 4.37. The SMILES string of the molecule is Cc1nc2c3ccccc3nn2c(C)c1CCC(=O)NC(c1ccccc1)c1ccncc1. The molecule has 1 unspecified atom stereocenters. The highest BCUT2D eigenvalue weighted by Gasteiger charge is 2.18. The Kier molecular flexibility index (Phi) is 5.57. The van der Waals surface area contributed by atoms with E-state index in [-0.39, 0.29) is 11.9 Å². The number of aryl methyl sites for hydroxylation is 2. The highest BCUT2D eigenvalue weighted by molar-refractivity contribution is 5.92. The van der Waals surface area contributed by atoms with Crippen LogP contribution in [0.15, 0.2) is 79.1 Å². The number of benzene rings is 2. The highest BCUT2D eigenvalue weighted by atomic mass is 16.1. The Morgan fingerprint density at radius 3 is 2.42 bits per heavy atom. The standard InChI is InChI=1S/C27H25N5O/c1-18-22(19(2)32-27(29-18)23-10-6-7-11-24(23)31-32)12-13-25(33)30-26(20-8-4-3-5-9-20)21-14-16-28-17-15-21/h3-11,14-17,26H,12-13H2,1-2H3,(H,30,33). The topological polar surface area (TPSA) is 72.2 Å². The molecule has 0 saturated heterocycles. The van der Waals surface area contributed by atoms with Crippen LogP contribution in [-0.2, 0) is 11.2 Å². The quantitative estimate of drug-likeness (QED) is 0.418. The summed E-state index contributed by atoms with van der Waals surface area (Å²) in [6.45, 7) is 4.05. The van der Waals surface area contributed by atoms with E-state index >= 15 is 0 Å². The second-order valence-corrected chi connectivity index (χ2v) is 8.21. The van der Waals surface area contributed by atoms with Crippen molar-refractivity contribution in [2.75, 3.05) is 0 Å². The van der Waals surface area contributed by atoms with E-state index < -0.39 is 0 Å². The Hall–Kier alpha value is -4.06. The molecule has 3 heterocycles. The van der Waals surface area contributed by atoms with Gasteiger partial charge in [-0.2, -0.15) is 5.10 Å². The van der Waals surface area contributed by atoms with Crippen LogP contribution in [0.3, 0.4) is 0 Å². The minimum Gasteiger partial charge on any atom is -0.345 e. The first-order valence-electron chi connectivity index (χ1n) is 11.1. The molecular formula is C27H25N5O. The van der Waals surface area contributed by atoms with Crippen LogP contribution in [0.5, 0.6) is 0 Å². The summed E-state index contributed by atoms with van der Waals surface area (Å²) in [6.07, 6.45) is 4.46. The number of amides is 1. The molecule has 0 saturated carbocycles. The van der Waals surface area contributed by atoms with E-state index in [1.54, 1.807) is 12.4 Å². The summed E-state index contributed by atoms with van der Waals surface area (Å²) in [4.78, 5) is 22.0. The minimum absolute atomic E-state index is 0.00908. The van der Waals surface area contributed by atoms with Gasteiger partial charge in [0.2, 0.25) is 5.91 Å². The molecule has 0 radical (unpaired) electrons. The second-order valence-electron chi connectivity index (χ2n) is 8.21. The largest absolute Gasteiger partial charge is 0.345 e. The zero-order chi connectivity index (χ0) is 22.8. The molecule has 0 spiro atoms. The smallest absolute Gasteiger partial charge is 0.221 e. The average molecular weight is 436 g/mol. The maximum atomic E-state index is 13.0. The molecule has 0 aliphatic heterocycles. The molecule has 0 aliphatic rings. The van der Waals surface area contributed by atoms with Gasteiger partial charge in [0.25, 0.3) is 0 Å². The fraction of sp³-hybridized carbons (Fsp3) is 0.185. The van der Waals surface area contributed by atoms with Crippen LogP contribution in [0.4, 0.5) is 0 Å². The van der Waals surface area contributed by atoms with E-state index in [1.165, 1.54) is 0 Å². The summed E-state index contributed by atoms with van der Waals surface area (Å²) in [5, 5.41) is 8.96. The fourth-order valence-electron chi connectivity index (χ4n) is 4.37. The number of aromatic nitrogens is 4. The number of carbonyl (C=O) groups is 1. The lowest BCUT2D eigenvalue weighted by atomic mass is 9.99. The summed E-state index contributed by atoms with van der Waals surface area (Å²) < 4.78 is 1.90. The summed E-state index contributed by atoms with van der Waals surface area (Å²) in [7, 11) is 0.